The number of para-hydroxylation sites is 1. The van der Waals surface area contributed by atoms with Crippen molar-refractivity contribution in [2.45, 2.75) is 48.4 Å². The first-order valence-corrected chi connectivity index (χ1v) is 10.3. The van der Waals surface area contributed by atoms with Crippen molar-refractivity contribution in [1.29, 1.82) is 0 Å². The number of piperidine rings is 1. The standard InChI is InChI=1S/C22H28N2S/c1-4-13-24-14-12-20-19(15-24)18-6-5-7-21(22(18)23(20)3)25-17-10-8-16(2)9-11-17/h5-11,19-20H,4,12-15H2,1-3H3/t19-,20+/m1/s1. The maximum atomic E-state index is 2.66. The number of hydrogen-bond donors (Lipinski definition) is 0. The first-order valence-electron chi connectivity index (χ1n) is 9.50. The molecule has 132 valence electrons. The minimum absolute atomic E-state index is 0.666. The van der Waals surface area contributed by atoms with Crippen LogP contribution in [0.15, 0.2) is 52.3 Å². The van der Waals surface area contributed by atoms with Gasteiger partial charge in [0.15, 0.2) is 0 Å². The van der Waals surface area contributed by atoms with Crippen molar-refractivity contribution >= 4 is 17.4 Å². The summed E-state index contributed by atoms with van der Waals surface area (Å²) in [4.78, 5) is 7.96. The molecule has 1 fully saturated rings. The lowest BCUT2D eigenvalue weighted by Gasteiger charge is -2.37. The third-order valence-corrected chi connectivity index (χ3v) is 6.79. The molecule has 4 rings (SSSR count). The Morgan fingerprint density at radius 2 is 1.92 bits per heavy atom. The van der Waals surface area contributed by atoms with E-state index in [1.165, 1.54) is 53.5 Å². The number of benzene rings is 2. The van der Waals surface area contributed by atoms with Crippen LogP contribution in [0, 0.1) is 6.92 Å². The smallest absolute Gasteiger partial charge is 0.0544 e. The van der Waals surface area contributed by atoms with Crippen molar-refractivity contribution in [3.05, 3.63) is 53.6 Å². The van der Waals surface area contributed by atoms with Crippen LogP contribution in [0.3, 0.4) is 0 Å². The first-order chi connectivity index (χ1) is 12.2. The monoisotopic (exact) mass is 352 g/mol. The molecule has 3 heteroatoms. The quantitative estimate of drug-likeness (QED) is 0.750. The van der Waals surface area contributed by atoms with Gasteiger partial charge in [-0.15, -0.1) is 0 Å². The van der Waals surface area contributed by atoms with Crippen LogP contribution < -0.4 is 4.90 Å². The SMILES string of the molecule is CCCN1CC[C@H]2[C@H](C1)c1cccc(Sc3ccc(C)cc3)c1N2C. The fourth-order valence-electron chi connectivity index (χ4n) is 4.49. The molecule has 2 aliphatic rings. The number of anilines is 1. The van der Waals surface area contributed by atoms with Gasteiger partial charge in [0.25, 0.3) is 0 Å². The highest BCUT2D eigenvalue weighted by atomic mass is 32.2. The average Bonchev–Trinajstić information content (AvgIpc) is 2.91. The van der Waals surface area contributed by atoms with Crippen molar-refractivity contribution in [2.75, 3.05) is 31.6 Å². The van der Waals surface area contributed by atoms with Gasteiger partial charge in [-0.25, -0.2) is 0 Å². The Labute approximate surface area is 156 Å². The molecular weight excluding hydrogens is 324 g/mol. The van der Waals surface area contributed by atoms with Crippen molar-refractivity contribution in [3.63, 3.8) is 0 Å². The summed E-state index contributed by atoms with van der Waals surface area (Å²) < 4.78 is 0. The van der Waals surface area contributed by atoms with E-state index in [0.717, 1.165) is 0 Å². The molecule has 0 aliphatic carbocycles. The second-order valence-corrected chi connectivity index (χ2v) is 8.60. The topological polar surface area (TPSA) is 6.48 Å². The van der Waals surface area contributed by atoms with Crippen molar-refractivity contribution < 1.29 is 0 Å². The summed E-state index contributed by atoms with van der Waals surface area (Å²) in [7, 11) is 2.30. The highest BCUT2D eigenvalue weighted by molar-refractivity contribution is 7.99. The summed E-state index contributed by atoms with van der Waals surface area (Å²) in [6.45, 7) is 8.13. The Balaban J connectivity index is 1.64. The summed E-state index contributed by atoms with van der Waals surface area (Å²) >= 11 is 1.91. The van der Waals surface area contributed by atoms with Crippen LogP contribution in [0.5, 0.6) is 0 Å². The van der Waals surface area contributed by atoms with E-state index in [0.29, 0.717) is 12.0 Å². The maximum absolute atomic E-state index is 2.66. The number of hydrogen-bond acceptors (Lipinski definition) is 3. The number of fused-ring (bicyclic) bond motifs is 3. The third-order valence-electron chi connectivity index (χ3n) is 5.73. The summed E-state index contributed by atoms with van der Waals surface area (Å²) in [5.74, 6) is 0.666. The molecule has 2 aromatic rings. The van der Waals surface area contributed by atoms with Gasteiger partial charge in [-0.1, -0.05) is 48.5 Å². The van der Waals surface area contributed by atoms with E-state index in [1.54, 1.807) is 5.56 Å². The van der Waals surface area contributed by atoms with Gasteiger partial charge < -0.3 is 9.80 Å². The van der Waals surface area contributed by atoms with E-state index < -0.39 is 0 Å². The van der Waals surface area contributed by atoms with E-state index in [9.17, 15) is 0 Å². The largest absolute Gasteiger partial charge is 0.370 e. The van der Waals surface area contributed by atoms with Crippen LogP contribution in [0.4, 0.5) is 5.69 Å². The number of likely N-dealkylation sites (tertiary alicyclic amines) is 1. The molecule has 1 saturated heterocycles. The molecule has 2 atom stereocenters. The van der Waals surface area contributed by atoms with Gasteiger partial charge in [0.1, 0.15) is 0 Å². The lowest BCUT2D eigenvalue weighted by Crippen LogP contribution is -2.45. The van der Waals surface area contributed by atoms with Gasteiger partial charge in [0, 0.05) is 41.9 Å². The van der Waals surface area contributed by atoms with Crippen LogP contribution in [-0.4, -0.2) is 37.6 Å². The lowest BCUT2D eigenvalue weighted by atomic mass is 9.89. The van der Waals surface area contributed by atoms with E-state index in [1.807, 2.05) is 11.8 Å². The number of aryl methyl sites for hydroxylation is 1. The van der Waals surface area contributed by atoms with Gasteiger partial charge in [-0.2, -0.15) is 0 Å². The Morgan fingerprint density at radius 1 is 1.12 bits per heavy atom. The molecule has 0 radical (unpaired) electrons. The summed E-state index contributed by atoms with van der Waals surface area (Å²) in [6, 6.07) is 16.5. The Morgan fingerprint density at radius 3 is 2.68 bits per heavy atom. The highest BCUT2D eigenvalue weighted by Crippen LogP contribution is 2.49. The molecule has 25 heavy (non-hydrogen) atoms. The van der Waals surface area contributed by atoms with Crippen molar-refractivity contribution in [2.24, 2.45) is 0 Å². The van der Waals surface area contributed by atoms with Crippen LogP contribution in [-0.2, 0) is 0 Å². The van der Waals surface area contributed by atoms with Gasteiger partial charge >= 0.3 is 0 Å². The number of likely N-dealkylation sites (N-methyl/N-ethyl adjacent to an activating group) is 1. The van der Waals surface area contributed by atoms with Gasteiger partial charge in [0.2, 0.25) is 0 Å². The average molecular weight is 353 g/mol. The molecule has 0 saturated carbocycles. The Kier molecular flexibility index (Phi) is 4.79. The van der Waals surface area contributed by atoms with Crippen molar-refractivity contribution in [3.8, 4) is 0 Å². The zero-order chi connectivity index (χ0) is 17.4. The molecule has 0 unspecified atom stereocenters. The summed E-state index contributed by atoms with van der Waals surface area (Å²) in [6.07, 6.45) is 2.54. The molecular formula is C22H28N2S. The molecule has 0 bridgehead atoms. The van der Waals surface area contributed by atoms with Crippen LogP contribution in [0.2, 0.25) is 0 Å². The van der Waals surface area contributed by atoms with Crippen LogP contribution in [0.25, 0.3) is 0 Å². The molecule has 2 heterocycles. The normalized spacial score (nSPS) is 22.8. The van der Waals surface area contributed by atoms with Crippen LogP contribution in [0.1, 0.15) is 36.8 Å². The van der Waals surface area contributed by atoms with E-state index in [2.05, 4.69) is 73.2 Å². The van der Waals surface area contributed by atoms with Gasteiger partial charge in [-0.3, -0.25) is 0 Å². The molecule has 2 aromatic carbocycles. The van der Waals surface area contributed by atoms with E-state index in [-0.39, 0.29) is 0 Å². The molecule has 2 aliphatic heterocycles. The Hall–Kier alpha value is -1.45. The summed E-state index contributed by atoms with van der Waals surface area (Å²) in [5.41, 5.74) is 4.36. The molecule has 0 aromatic heterocycles. The zero-order valence-corrected chi connectivity index (χ0v) is 16.4. The highest BCUT2D eigenvalue weighted by Gasteiger charge is 2.41. The predicted molar refractivity (Wildman–Crippen MR) is 108 cm³/mol. The van der Waals surface area contributed by atoms with Crippen LogP contribution >= 0.6 is 11.8 Å². The fourth-order valence-corrected chi connectivity index (χ4v) is 5.52. The third kappa shape index (κ3) is 3.20. The maximum Gasteiger partial charge on any atom is 0.0544 e. The van der Waals surface area contributed by atoms with E-state index >= 15 is 0 Å². The molecule has 2 nitrogen and oxygen atoms in total. The van der Waals surface area contributed by atoms with Gasteiger partial charge in [-0.05, 0) is 50.1 Å². The molecule has 0 spiro atoms. The summed E-state index contributed by atoms with van der Waals surface area (Å²) in [5, 5.41) is 0. The second-order valence-electron chi connectivity index (χ2n) is 7.48. The number of rotatable bonds is 4. The predicted octanol–water partition coefficient (Wildman–Crippen LogP) is 5.16. The van der Waals surface area contributed by atoms with Crippen molar-refractivity contribution in [1.82, 2.24) is 4.90 Å². The lowest BCUT2D eigenvalue weighted by molar-refractivity contribution is 0.195. The number of nitrogens with zero attached hydrogens (tertiary/aromatic N) is 2. The van der Waals surface area contributed by atoms with Gasteiger partial charge in [0.05, 0.1) is 5.69 Å². The Bertz CT molecular complexity index is 740. The minimum Gasteiger partial charge on any atom is -0.370 e. The molecule has 0 N–H and O–H groups in total. The zero-order valence-electron chi connectivity index (χ0n) is 15.5. The first kappa shape index (κ1) is 17.0. The fraction of sp³-hybridized carbons (Fsp3) is 0.455. The van der Waals surface area contributed by atoms with E-state index in [4.69, 9.17) is 0 Å². The minimum atomic E-state index is 0.666. The second kappa shape index (κ2) is 7.05. The molecule has 0 amide bonds.